The van der Waals surface area contributed by atoms with Gasteiger partial charge >= 0.3 is 0 Å². The molecule has 0 bridgehead atoms. The van der Waals surface area contributed by atoms with Crippen LogP contribution in [0.3, 0.4) is 0 Å². The Kier molecular flexibility index (Phi) is 5.01. The summed E-state index contributed by atoms with van der Waals surface area (Å²) in [6, 6.07) is 2.48. The minimum absolute atomic E-state index is 0. The van der Waals surface area contributed by atoms with Gasteiger partial charge in [0, 0.05) is 18.7 Å². The number of non-ortho nitro benzene ring substituents is 1. The van der Waals surface area contributed by atoms with Gasteiger partial charge in [-0.25, -0.2) is 0 Å². The van der Waals surface area contributed by atoms with Gasteiger partial charge in [0.05, 0.1) is 27.2 Å². The van der Waals surface area contributed by atoms with Gasteiger partial charge in [0.1, 0.15) is 0 Å². The first-order chi connectivity index (χ1) is 8.08. The van der Waals surface area contributed by atoms with Crippen LogP contribution in [-0.2, 0) is 0 Å². The summed E-state index contributed by atoms with van der Waals surface area (Å²) in [7, 11) is 0. The highest BCUT2D eigenvalue weighted by Gasteiger charge is 2.16. The van der Waals surface area contributed by atoms with Crippen molar-refractivity contribution in [2.75, 3.05) is 18.4 Å². The zero-order valence-electron chi connectivity index (χ0n) is 8.94. The molecule has 0 aromatic heterocycles. The Morgan fingerprint density at radius 1 is 1.39 bits per heavy atom. The number of nitro benzene ring substituents is 1. The Bertz CT molecular complexity index is 484. The van der Waals surface area contributed by atoms with Gasteiger partial charge < -0.3 is 10.6 Å². The van der Waals surface area contributed by atoms with Crippen molar-refractivity contribution < 1.29 is 4.92 Å². The fourth-order valence-corrected chi connectivity index (χ4v) is 1.95. The van der Waals surface area contributed by atoms with Crippen molar-refractivity contribution in [2.45, 2.75) is 0 Å². The Morgan fingerprint density at radius 2 is 2.00 bits per heavy atom. The topological polar surface area (TPSA) is 79.6 Å². The molecule has 0 aliphatic carbocycles. The Labute approximate surface area is 119 Å². The average Bonchev–Trinajstić information content (AvgIpc) is 2.75. The van der Waals surface area contributed by atoms with Crippen molar-refractivity contribution in [3.8, 4) is 0 Å². The molecule has 18 heavy (non-hydrogen) atoms. The van der Waals surface area contributed by atoms with E-state index in [0.29, 0.717) is 18.2 Å². The summed E-state index contributed by atoms with van der Waals surface area (Å²) in [5.74, 6) is 0.558. The van der Waals surface area contributed by atoms with E-state index in [4.69, 9.17) is 23.2 Å². The summed E-state index contributed by atoms with van der Waals surface area (Å²) >= 11 is 11.8. The third kappa shape index (κ3) is 3.16. The average molecular weight is 312 g/mol. The normalized spacial score (nSPS) is 13.3. The minimum atomic E-state index is -0.549. The first-order valence-corrected chi connectivity index (χ1v) is 5.52. The number of nitrogens with zero attached hydrogens (tertiary/aromatic N) is 2. The number of guanidine groups is 1. The summed E-state index contributed by atoms with van der Waals surface area (Å²) in [6.45, 7) is 1.41. The molecule has 2 N–H and O–H groups in total. The molecule has 9 heteroatoms. The molecule has 0 radical (unpaired) electrons. The molecule has 0 spiro atoms. The number of hydrogen-bond acceptors (Lipinski definition) is 5. The smallest absolute Gasteiger partial charge is 0.272 e. The van der Waals surface area contributed by atoms with E-state index < -0.39 is 4.92 Å². The van der Waals surface area contributed by atoms with E-state index in [1.807, 2.05) is 0 Å². The number of nitrogens with one attached hydrogen (secondary N) is 2. The van der Waals surface area contributed by atoms with Gasteiger partial charge in [0.25, 0.3) is 5.69 Å². The first kappa shape index (κ1) is 14.8. The van der Waals surface area contributed by atoms with E-state index in [-0.39, 0.29) is 28.1 Å². The van der Waals surface area contributed by atoms with Crippen LogP contribution >= 0.6 is 35.6 Å². The highest BCUT2D eigenvalue weighted by molar-refractivity contribution is 6.40. The van der Waals surface area contributed by atoms with E-state index in [1.54, 1.807) is 0 Å². The number of halogens is 3. The van der Waals surface area contributed by atoms with Crippen LogP contribution in [0.25, 0.3) is 0 Å². The molecule has 0 unspecified atom stereocenters. The van der Waals surface area contributed by atoms with E-state index in [9.17, 15) is 10.1 Å². The molecular formula is C9H9Cl3N4O2. The lowest BCUT2D eigenvalue weighted by atomic mass is 10.3. The second-order valence-corrected chi connectivity index (χ2v) is 4.14. The maximum atomic E-state index is 10.6. The molecule has 1 aromatic carbocycles. The molecule has 1 aliphatic heterocycles. The van der Waals surface area contributed by atoms with E-state index >= 15 is 0 Å². The van der Waals surface area contributed by atoms with Gasteiger partial charge in [-0.05, 0) is 0 Å². The van der Waals surface area contributed by atoms with Crippen LogP contribution in [0.2, 0.25) is 10.0 Å². The van der Waals surface area contributed by atoms with Crippen molar-refractivity contribution in [1.82, 2.24) is 5.32 Å². The van der Waals surface area contributed by atoms with Gasteiger partial charge in [-0.3, -0.25) is 15.1 Å². The third-order valence-corrected chi connectivity index (χ3v) is 2.75. The number of benzene rings is 1. The van der Waals surface area contributed by atoms with Crippen LogP contribution in [0.15, 0.2) is 17.1 Å². The molecular weight excluding hydrogens is 302 g/mol. The van der Waals surface area contributed by atoms with Gasteiger partial charge in [-0.1, -0.05) is 23.2 Å². The minimum Gasteiger partial charge on any atom is -0.354 e. The lowest BCUT2D eigenvalue weighted by molar-refractivity contribution is -0.384. The van der Waals surface area contributed by atoms with Crippen LogP contribution in [0, 0.1) is 10.1 Å². The number of rotatable bonds is 2. The maximum Gasteiger partial charge on any atom is 0.272 e. The Hall–Kier alpha value is -1.24. The summed E-state index contributed by atoms with van der Waals surface area (Å²) in [6.07, 6.45) is 0. The molecule has 6 nitrogen and oxygen atoms in total. The van der Waals surface area contributed by atoms with Crippen LogP contribution in [0.4, 0.5) is 11.4 Å². The lowest BCUT2D eigenvalue weighted by Gasteiger charge is -2.10. The van der Waals surface area contributed by atoms with Crippen LogP contribution in [0.1, 0.15) is 0 Å². The third-order valence-electron chi connectivity index (χ3n) is 2.16. The van der Waals surface area contributed by atoms with Crippen LogP contribution < -0.4 is 10.6 Å². The summed E-state index contributed by atoms with van der Waals surface area (Å²) in [5, 5.41) is 16.8. The lowest BCUT2D eigenvalue weighted by Crippen LogP contribution is -2.26. The molecule has 2 rings (SSSR count). The SMILES string of the molecule is Cl.O=[N+]([O-])c1cc(Cl)c(NC2=NCCN2)c(Cl)c1. The monoisotopic (exact) mass is 310 g/mol. The van der Waals surface area contributed by atoms with Crippen molar-refractivity contribution in [3.05, 3.63) is 32.3 Å². The number of nitro groups is 1. The second-order valence-electron chi connectivity index (χ2n) is 3.32. The maximum absolute atomic E-state index is 10.6. The highest BCUT2D eigenvalue weighted by atomic mass is 35.5. The molecule has 98 valence electrons. The molecule has 0 saturated heterocycles. The Balaban J connectivity index is 0.00000162. The van der Waals surface area contributed by atoms with E-state index in [1.165, 1.54) is 12.1 Å². The van der Waals surface area contributed by atoms with Gasteiger partial charge in [0.2, 0.25) is 0 Å². The molecule has 1 heterocycles. The van der Waals surface area contributed by atoms with Crippen LogP contribution in [-0.4, -0.2) is 24.0 Å². The van der Waals surface area contributed by atoms with Gasteiger partial charge in [0.15, 0.2) is 5.96 Å². The molecule has 0 atom stereocenters. The zero-order chi connectivity index (χ0) is 12.4. The highest BCUT2D eigenvalue weighted by Crippen LogP contribution is 2.34. The van der Waals surface area contributed by atoms with Crippen molar-refractivity contribution in [3.63, 3.8) is 0 Å². The van der Waals surface area contributed by atoms with E-state index in [2.05, 4.69) is 15.6 Å². The quantitative estimate of drug-likeness (QED) is 0.650. The molecule has 0 amide bonds. The zero-order valence-corrected chi connectivity index (χ0v) is 11.3. The first-order valence-electron chi connectivity index (χ1n) is 4.76. The molecule has 1 aliphatic rings. The largest absolute Gasteiger partial charge is 0.354 e. The summed E-state index contributed by atoms with van der Waals surface area (Å²) < 4.78 is 0. The number of aliphatic imine (C=N–C) groups is 1. The molecule has 0 fully saturated rings. The number of anilines is 1. The Morgan fingerprint density at radius 3 is 2.44 bits per heavy atom. The van der Waals surface area contributed by atoms with Crippen LogP contribution in [0.5, 0.6) is 0 Å². The second kappa shape index (κ2) is 6.08. The van der Waals surface area contributed by atoms with Gasteiger partial charge in [-0.15, -0.1) is 12.4 Å². The van der Waals surface area contributed by atoms with Crippen molar-refractivity contribution in [2.24, 2.45) is 4.99 Å². The fraction of sp³-hybridized carbons (Fsp3) is 0.222. The van der Waals surface area contributed by atoms with Gasteiger partial charge in [-0.2, -0.15) is 0 Å². The standard InChI is InChI=1S/C9H8Cl2N4O2.ClH/c10-6-3-5(15(16)17)4-7(11)8(6)14-9-12-1-2-13-9;/h3-4H,1-2H2,(H2,12,13,14);1H. The summed E-state index contributed by atoms with van der Waals surface area (Å²) in [5.41, 5.74) is 0.263. The molecule has 0 saturated carbocycles. The predicted molar refractivity (Wildman–Crippen MR) is 74.3 cm³/mol. The predicted octanol–water partition coefficient (Wildman–Crippen LogP) is 2.69. The molecule has 1 aromatic rings. The number of hydrogen-bond donors (Lipinski definition) is 2. The van der Waals surface area contributed by atoms with Crippen molar-refractivity contribution >= 4 is 52.9 Å². The fourth-order valence-electron chi connectivity index (χ4n) is 1.38. The summed E-state index contributed by atoms with van der Waals surface area (Å²) in [4.78, 5) is 14.2. The van der Waals surface area contributed by atoms with Crippen molar-refractivity contribution in [1.29, 1.82) is 0 Å². The van der Waals surface area contributed by atoms with E-state index in [0.717, 1.165) is 6.54 Å².